The normalized spacial score (nSPS) is 11.2. The van der Waals surface area contributed by atoms with Gasteiger partial charge in [0.05, 0.1) is 0 Å². The number of nitrogens with zero attached hydrogens (tertiary/aromatic N) is 1. The van der Waals surface area contributed by atoms with Crippen LogP contribution in [0.4, 0.5) is 0 Å². The molecule has 0 bridgehead atoms. The highest BCUT2D eigenvalue weighted by Crippen LogP contribution is 2.30. The van der Waals surface area contributed by atoms with E-state index in [4.69, 9.17) is 4.42 Å². The highest BCUT2D eigenvalue weighted by molar-refractivity contribution is 5.77. The van der Waals surface area contributed by atoms with Crippen molar-refractivity contribution in [2.75, 3.05) is 0 Å². The van der Waals surface area contributed by atoms with Crippen molar-refractivity contribution in [3.05, 3.63) is 53.6 Å². The lowest BCUT2D eigenvalue weighted by Crippen LogP contribution is -1.94. The van der Waals surface area contributed by atoms with Gasteiger partial charge in [0.2, 0.25) is 5.89 Å². The second-order valence-electron chi connectivity index (χ2n) is 5.91. The lowest BCUT2D eigenvalue weighted by atomic mass is 9.97. The molecule has 0 radical (unpaired) electrons. The van der Waals surface area contributed by atoms with Crippen molar-refractivity contribution in [3.63, 3.8) is 0 Å². The van der Waals surface area contributed by atoms with Crippen LogP contribution in [0.3, 0.4) is 0 Å². The number of hydrogen-bond acceptors (Lipinski definition) is 2. The molecule has 2 heteroatoms. The van der Waals surface area contributed by atoms with Crippen molar-refractivity contribution in [1.82, 2.24) is 4.98 Å². The molecule has 0 aliphatic heterocycles. The van der Waals surface area contributed by atoms with Gasteiger partial charge in [0.15, 0.2) is 5.58 Å². The summed E-state index contributed by atoms with van der Waals surface area (Å²) in [6, 6.07) is 14.4. The van der Waals surface area contributed by atoms with Gasteiger partial charge in [-0.25, -0.2) is 4.98 Å². The standard InChI is InChI=1S/C20H23NO/c1-3-4-5-6-11-16-12-9-10-15(2)19(16)20-21-17-13-7-8-14-18(17)22-20/h7-10,12-14H,3-6,11H2,1-2H3. The van der Waals surface area contributed by atoms with E-state index in [1.54, 1.807) is 0 Å². The first-order valence-electron chi connectivity index (χ1n) is 8.24. The van der Waals surface area contributed by atoms with E-state index in [1.807, 2.05) is 24.3 Å². The average molecular weight is 293 g/mol. The number of oxazole rings is 1. The molecule has 0 aliphatic rings. The molecule has 0 fully saturated rings. The Balaban J connectivity index is 1.94. The Bertz CT molecular complexity index is 724. The van der Waals surface area contributed by atoms with Crippen LogP contribution in [0, 0.1) is 6.92 Å². The Morgan fingerprint density at radius 1 is 0.955 bits per heavy atom. The molecule has 2 aromatic carbocycles. The Morgan fingerprint density at radius 2 is 1.82 bits per heavy atom. The third kappa shape index (κ3) is 3.06. The number of aryl methyl sites for hydroxylation is 2. The molecular weight excluding hydrogens is 270 g/mol. The van der Waals surface area contributed by atoms with Crippen molar-refractivity contribution >= 4 is 11.1 Å². The molecule has 2 nitrogen and oxygen atoms in total. The van der Waals surface area contributed by atoms with Gasteiger partial charge in [0.1, 0.15) is 5.52 Å². The van der Waals surface area contributed by atoms with Crippen LogP contribution in [0.25, 0.3) is 22.6 Å². The number of aromatic nitrogens is 1. The van der Waals surface area contributed by atoms with Gasteiger partial charge >= 0.3 is 0 Å². The maximum atomic E-state index is 5.99. The molecule has 0 unspecified atom stereocenters. The van der Waals surface area contributed by atoms with E-state index in [9.17, 15) is 0 Å². The number of para-hydroxylation sites is 2. The smallest absolute Gasteiger partial charge is 0.227 e. The van der Waals surface area contributed by atoms with Gasteiger partial charge in [0, 0.05) is 5.56 Å². The molecule has 1 aromatic heterocycles. The fraction of sp³-hybridized carbons (Fsp3) is 0.350. The number of benzene rings is 2. The zero-order chi connectivity index (χ0) is 15.4. The summed E-state index contributed by atoms with van der Waals surface area (Å²) >= 11 is 0. The molecule has 0 atom stereocenters. The summed E-state index contributed by atoms with van der Waals surface area (Å²) in [4.78, 5) is 4.68. The van der Waals surface area contributed by atoms with Gasteiger partial charge in [-0.1, -0.05) is 56.5 Å². The van der Waals surface area contributed by atoms with E-state index in [1.165, 1.54) is 42.4 Å². The average Bonchev–Trinajstić information content (AvgIpc) is 2.95. The molecule has 0 amide bonds. The van der Waals surface area contributed by atoms with E-state index in [2.05, 4.69) is 37.0 Å². The SMILES string of the molecule is CCCCCCc1cccc(C)c1-c1nc2ccccc2o1. The number of hydrogen-bond donors (Lipinski definition) is 0. The summed E-state index contributed by atoms with van der Waals surface area (Å²) in [7, 11) is 0. The topological polar surface area (TPSA) is 26.0 Å². The molecule has 3 aromatic rings. The van der Waals surface area contributed by atoms with Crippen LogP contribution < -0.4 is 0 Å². The Hall–Kier alpha value is -2.09. The lowest BCUT2D eigenvalue weighted by molar-refractivity contribution is 0.616. The third-order valence-corrected chi connectivity index (χ3v) is 4.17. The van der Waals surface area contributed by atoms with Gasteiger partial charge in [0.25, 0.3) is 0 Å². The predicted molar refractivity (Wildman–Crippen MR) is 92.0 cm³/mol. The number of fused-ring (bicyclic) bond motifs is 1. The number of rotatable bonds is 6. The third-order valence-electron chi connectivity index (χ3n) is 4.17. The highest BCUT2D eigenvalue weighted by Gasteiger charge is 2.14. The van der Waals surface area contributed by atoms with Gasteiger partial charge in [-0.3, -0.25) is 0 Å². The first-order chi connectivity index (χ1) is 10.8. The van der Waals surface area contributed by atoms with Crippen LogP contribution in [0.2, 0.25) is 0 Å². The molecule has 0 N–H and O–H groups in total. The first-order valence-corrected chi connectivity index (χ1v) is 8.24. The maximum Gasteiger partial charge on any atom is 0.227 e. The van der Waals surface area contributed by atoms with Gasteiger partial charge in [-0.05, 0) is 43.0 Å². The molecule has 0 saturated carbocycles. The summed E-state index contributed by atoms with van der Waals surface area (Å²) in [6.45, 7) is 4.39. The molecule has 114 valence electrons. The minimum absolute atomic E-state index is 0.754. The summed E-state index contributed by atoms with van der Waals surface area (Å²) < 4.78 is 5.99. The van der Waals surface area contributed by atoms with E-state index in [-0.39, 0.29) is 0 Å². The van der Waals surface area contributed by atoms with E-state index in [0.29, 0.717) is 0 Å². The molecule has 0 aliphatic carbocycles. The highest BCUT2D eigenvalue weighted by atomic mass is 16.3. The molecule has 22 heavy (non-hydrogen) atoms. The molecule has 1 heterocycles. The van der Waals surface area contributed by atoms with Crippen LogP contribution in [-0.2, 0) is 6.42 Å². The van der Waals surface area contributed by atoms with E-state index >= 15 is 0 Å². The van der Waals surface area contributed by atoms with Crippen LogP contribution in [0.15, 0.2) is 46.9 Å². The minimum Gasteiger partial charge on any atom is -0.436 e. The predicted octanol–water partition coefficient (Wildman–Crippen LogP) is 5.93. The Labute approximate surface area is 132 Å². The van der Waals surface area contributed by atoms with Crippen molar-refractivity contribution < 1.29 is 4.42 Å². The van der Waals surface area contributed by atoms with Crippen molar-refractivity contribution in [2.45, 2.75) is 46.0 Å². The molecule has 0 spiro atoms. The summed E-state index contributed by atoms with van der Waals surface area (Å²) in [5.41, 5.74) is 5.55. The van der Waals surface area contributed by atoms with E-state index in [0.717, 1.165) is 23.4 Å². The molecular formula is C20H23NO. The van der Waals surface area contributed by atoms with E-state index < -0.39 is 0 Å². The quantitative estimate of drug-likeness (QED) is 0.527. The second-order valence-corrected chi connectivity index (χ2v) is 5.91. The minimum atomic E-state index is 0.754. The van der Waals surface area contributed by atoms with Gasteiger partial charge < -0.3 is 4.42 Å². The molecule has 0 saturated heterocycles. The Morgan fingerprint density at radius 3 is 2.64 bits per heavy atom. The van der Waals surface area contributed by atoms with Crippen LogP contribution in [0.1, 0.15) is 43.7 Å². The summed E-state index contributed by atoms with van der Waals surface area (Å²) in [6.07, 6.45) is 6.19. The monoisotopic (exact) mass is 293 g/mol. The zero-order valence-corrected chi connectivity index (χ0v) is 13.4. The largest absolute Gasteiger partial charge is 0.436 e. The van der Waals surface area contributed by atoms with Crippen LogP contribution in [0.5, 0.6) is 0 Å². The second kappa shape index (κ2) is 6.78. The summed E-state index contributed by atoms with van der Waals surface area (Å²) in [5, 5.41) is 0. The maximum absolute atomic E-state index is 5.99. The molecule has 3 rings (SSSR count). The first kappa shape index (κ1) is 14.8. The number of unbranched alkanes of at least 4 members (excludes halogenated alkanes) is 3. The Kier molecular flexibility index (Phi) is 4.57. The fourth-order valence-electron chi connectivity index (χ4n) is 2.96. The zero-order valence-electron chi connectivity index (χ0n) is 13.4. The fourth-order valence-corrected chi connectivity index (χ4v) is 2.96. The van der Waals surface area contributed by atoms with Crippen molar-refractivity contribution in [3.8, 4) is 11.5 Å². The van der Waals surface area contributed by atoms with Gasteiger partial charge in [-0.15, -0.1) is 0 Å². The van der Waals surface area contributed by atoms with Gasteiger partial charge in [-0.2, -0.15) is 0 Å². The lowest BCUT2D eigenvalue weighted by Gasteiger charge is -2.09. The summed E-state index contributed by atoms with van der Waals surface area (Å²) in [5.74, 6) is 0.754. The van der Waals surface area contributed by atoms with Crippen molar-refractivity contribution in [1.29, 1.82) is 0 Å². The van der Waals surface area contributed by atoms with Crippen LogP contribution in [-0.4, -0.2) is 4.98 Å². The van der Waals surface area contributed by atoms with Crippen LogP contribution >= 0.6 is 0 Å². The van der Waals surface area contributed by atoms with Crippen molar-refractivity contribution in [2.24, 2.45) is 0 Å².